The first-order chi connectivity index (χ1) is 14.0. The number of rotatable bonds is 8. The van der Waals surface area contributed by atoms with Crippen LogP contribution in [0.4, 0.5) is 4.79 Å². The Labute approximate surface area is 169 Å². The van der Waals surface area contributed by atoms with Crippen LogP contribution >= 0.6 is 0 Å². The maximum atomic E-state index is 12.7. The Morgan fingerprint density at radius 3 is 2.59 bits per heavy atom. The zero-order chi connectivity index (χ0) is 20.8. The number of hydrogen-bond donors (Lipinski definition) is 3. The van der Waals surface area contributed by atoms with Crippen LogP contribution in [0.15, 0.2) is 58.3 Å². The lowest BCUT2D eigenvalue weighted by atomic mass is 10.00. The van der Waals surface area contributed by atoms with E-state index >= 15 is 0 Å². The van der Waals surface area contributed by atoms with Crippen LogP contribution in [0.1, 0.15) is 24.3 Å². The number of hydrogen-bond acceptors (Lipinski definition) is 5. The summed E-state index contributed by atoms with van der Waals surface area (Å²) in [6, 6.07) is 10.2. The van der Waals surface area contributed by atoms with Gasteiger partial charge in [-0.3, -0.25) is 0 Å². The van der Waals surface area contributed by atoms with Gasteiger partial charge in [0.15, 0.2) is 0 Å². The van der Waals surface area contributed by atoms with Gasteiger partial charge in [-0.05, 0) is 43.3 Å². The molecular formula is C21H26N3O5+. The van der Waals surface area contributed by atoms with Crippen LogP contribution in [0, 0.1) is 0 Å². The predicted molar refractivity (Wildman–Crippen MR) is 105 cm³/mol. The van der Waals surface area contributed by atoms with Crippen LogP contribution in [0.5, 0.6) is 5.75 Å². The minimum absolute atomic E-state index is 0.239. The van der Waals surface area contributed by atoms with E-state index in [1.54, 1.807) is 26.2 Å². The highest BCUT2D eigenvalue weighted by atomic mass is 16.5. The molecule has 0 fully saturated rings. The lowest BCUT2D eigenvalue weighted by Crippen LogP contribution is -3.08. The number of esters is 1. The SMILES string of the molecule is CCOC(=O)C1=C(C[NH+](C)Cc2ccc(OC)cc2)NC(=O)NC1c1ccco1. The normalized spacial score (nSPS) is 17.3. The van der Waals surface area contributed by atoms with Gasteiger partial charge in [0.2, 0.25) is 0 Å². The monoisotopic (exact) mass is 400 g/mol. The van der Waals surface area contributed by atoms with Crippen LogP contribution < -0.4 is 20.3 Å². The van der Waals surface area contributed by atoms with Crippen molar-refractivity contribution in [2.75, 3.05) is 27.3 Å². The van der Waals surface area contributed by atoms with Crippen molar-refractivity contribution in [1.82, 2.24) is 10.6 Å². The number of nitrogens with one attached hydrogen (secondary N) is 3. The topological polar surface area (TPSA) is 94.2 Å². The first-order valence-electron chi connectivity index (χ1n) is 9.47. The Bertz CT molecular complexity index is 874. The van der Waals surface area contributed by atoms with Crippen molar-refractivity contribution in [3.05, 3.63) is 65.3 Å². The molecule has 1 aromatic heterocycles. The molecule has 154 valence electrons. The Morgan fingerprint density at radius 2 is 1.97 bits per heavy atom. The Hall–Kier alpha value is -3.26. The summed E-state index contributed by atoms with van der Waals surface area (Å²) in [6.07, 6.45) is 1.51. The Balaban J connectivity index is 1.85. The van der Waals surface area contributed by atoms with Crippen LogP contribution in [0.3, 0.4) is 0 Å². The molecule has 3 N–H and O–H groups in total. The molecule has 0 saturated carbocycles. The first-order valence-corrected chi connectivity index (χ1v) is 9.47. The number of urea groups is 1. The molecule has 2 unspecified atom stereocenters. The summed E-state index contributed by atoms with van der Waals surface area (Å²) < 4.78 is 15.9. The molecule has 0 spiro atoms. The highest BCUT2D eigenvalue weighted by molar-refractivity contribution is 5.95. The fourth-order valence-corrected chi connectivity index (χ4v) is 3.33. The van der Waals surface area contributed by atoms with E-state index < -0.39 is 12.0 Å². The number of quaternary nitrogens is 1. The molecule has 8 heteroatoms. The number of benzene rings is 1. The van der Waals surface area contributed by atoms with E-state index in [0.29, 0.717) is 30.1 Å². The van der Waals surface area contributed by atoms with E-state index in [0.717, 1.165) is 16.2 Å². The van der Waals surface area contributed by atoms with Crippen LogP contribution in [-0.2, 0) is 16.1 Å². The second-order valence-electron chi connectivity index (χ2n) is 6.82. The fraction of sp³-hybridized carbons (Fsp3) is 0.333. The molecule has 3 rings (SSSR count). The average Bonchev–Trinajstić information content (AvgIpc) is 3.23. The molecule has 1 aromatic carbocycles. The summed E-state index contributed by atoms with van der Waals surface area (Å²) in [4.78, 5) is 26.0. The van der Waals surface area contributed by atoms with Gasteiger partial charge in [-0.1, -0.05) is 0 Å². The number of amides is 2. The molecule has 0 radical (unpaired) electrons. The van der Waals surface area contributed by atoms with Gasteiger partial charge in [-0.25, -0.2) is 9.59 Å². The molecule has 1 aliphatic heterocycles. The number of furan rings is 1. The van der Waals surface area contributed by atoms with Crippen LogP contribution in [0.2, 0.25) is 0 Å². The van der Waals surface area contributed by atoms with Gasteiger partial charge in [0.05, 0.1) is 38.3 Å². The fourth-order valence-electron chi connectivity index (χ4n) is 3.33. The van der Waals surface area contributed by atoms with Crippen molar-refractivity contribution in [1.29, 1.82) is 0 Å². The quantitative estimate of drug-likeness (QED) is 0.579. The van der Waals surface area contributed by atoms with E-state index in [9.17, 15) is 9.59 Å². The smallest absolute Gasteiger partial charge is 0.338 e. The van der Waals surface area contributed by atoms with Gasteiger partial charge < -0.3 is 29.4 Å². The lowest BCUT2D eigenvalue weighted by molar-refractivity contribution is -0.889. The molecule has 2 heterocycles. The van der Waals surface area contributed by atoms with Gasteiger partial charge in [0.25, 0.3) is 0 Å². The lowest BCUT2D eigenvalue weighted by Gasteiger charge is -2.28. The number of likely N-dealkylation sites (N-methyl/N-ethyl adjacent to an activating group) is 1. The van der Waals surface area contributed by atoms with Crippen molar-refractivity contribution < 1.29 is 28.4 Å². The summed E-state index contributed by atoms with van der Waals surface area (Å²) in [5.41, 5.74) is 2.00. The minimum atomic E-state index is -0.693. The van der Waals surface area contributed by atoms with Gasteiger partial charge in [-0.15, -0.1) is 0 Å². The molecule has 1 aliphatic rings. The molecular weight excluding hydrogens is 374 g/mol. The maximum Gasteiger partial charge on any atom is 0.338 e. The molecule has 2 aromatic rings. The van der Waals surface area contributed by atoms with Crippen molar-refractivity contribution >= 4 is 12.0 Å². The molecule has 2 amide bonds. The minimum Gasteiger partial charge on any atom is -0.497 e. The standard InChI is InChI=1S/C21H25N3O5/c1-4-28-20(25)18-16(22-21(26)23-19(18)17-6-5-11-29-17)13-24(2)12-14-7-9-15(27-3)10-8-14/h5-11,19H,4,12-13H2,1-3H3,(H2,22,23,26)/p+1. The van der Waals surface area contributed by atoms with Crippen molar-refractivity contribution in [2.24, 2.45) is 0 Å². The second kappa shape index (κ2) is 9.29. The average molecular weight is 400 g/mol. The number of carbonyl (C=O) groups is 2. The second-order valence-corrected chi connectivity index (χ2v) is 6.82. The summed E-state index contributed by atoms with van der Waals surface area (Å²) in [6.45, 7) is 3.13. The van der Waals surface area contributed by atoms with Crippen LogP contribution in [-0.4, -0.2) is 39.3 Å². The third-order valence-electron chi connectivity index (χ3n) is 4.62. The van der Waals surface area contributed by atoms with Crippen molar-refractivity contribution in [3.63, 3.8) is 0 Å². The molecule has 2 atom stereocenters. The largest absolute Gasteiger partial charge is 0.497 e. The van der Waals surface area contributed by atoms with Gasteiger partial charge >= 0.3 is 12.0 Å². The highest BCUT2D eigenvalue weighted by Crippen LogP contribution is 2.27. The highest BCUT2D eigenvalue weighted by Gasteiger charge is 2.36. The third-order valence-corrected chi connectivity index (χ3v) is 4.62. The van der Waals surface area contributed by atoms with E-state index in [2.05, 4.69) is 10.6 Å². The predicted octanol–water partition coefficient (Wildman–Crippen LogP) is 1.17. The summed E-state index contributed by atoms with van der Waals surface area (Å²) >= 11 is 0. The zero-order valence-corrected chi connectivity index (χ0v) is 16.8. The van der Waals surface area contributed by atoms with Gasteiger partial charge in [0, 0.05) is 5.56 Å². The van der Waals surface area contributed by atoms with E-state index in [4.69, 9.17) is 13.9 Å². The van der Waals surface area contributed by atoms with Crippen LogP contribution in [0.25, 0.3) is 0 Å². The zero-order valence-electron chi connectivity index (χ0n) is 16.8. The maximum absolute atomic E-state index is 12.7. The molecule has 8 nitrogen and oxygen atoms in total. The molecule has 0 aliphatic carbocycles. The summed E-state index contributed by atoms with van der Waals surface area (Å²) in [5, 5.41) is 5.53. The molecule has 29 heavy (non-hydrogen) atoms. The molecule has 0 bridgehead atoms. The van der Waals surface area contributed by atoms with E-state index in [-0.39, 0.29) is 12.6 Å². The van der Waals surface area contributed by atoms with Gasteiger partial charge in [0.1, 0.15) is 30.6 Å². The summed E-state index contributed by atoms with van der Waals surface area (Å²) in [5.74, 6) is 0.799. The van der Waals surface area contributed by atoms with E-state index in [1.165, 1.54) is 6.26 Å². The van der Waals surface area contributed by atoms with Crippen molar-refractivity contribution in [3.8, 4) is 5.75 Å². The number of methoxy groups -OCH3 is 1. The third kappa shape index (κ3) is 4.97. The number of ether oxygens (including phenoxy) is 2. The Kier molecular flexibility index (Phi) is 6.56. The molecule has 0 saturated heterocycles. The Morgan fingerprint density at radius 1 is 1.21 bits per heavy atom. The number of carbonyl (C=O) groups excluding carboxylic acids is 2. The van der Waals surface area contributed by atoms with Gasteiger partial charge in [-0.2, -0.15) is 0 Å². The summed E-state index contributed by atoms with van der Waals surface area (Å²) in [7, 11) is 3.63. The first kappa shape index (κ1) is 20.5. The van der Waals surface area contributed by atoms with E-state index in [1.807, 2.05) is 31.3 Å². The van der Waals surface area contributed by atoms with Crippen molar-refractivity contribution in [2.45, 2.75) is 19.5 Å².